The van der Waals surface area contributed by atoms with Crippen LogP contribution in [0.15, 0.2) is 29.3 Å². The summed E-state index contributed by atoms with van der Waals surface area (Å²) < 4.78 is 21.3. The van der Waals surface area contributed by atoms with Gasteiger partial charge in [0.2, 0.25) is 0 Å². The lowest BCUT2D eigenvalue weighted by atomic mass is 10.1. The van der Waals surface area contributed by atoms with Gasteiger partial charge in [0.1, 0.15) is 18.2 Å². The van der Waals surface area contributed by atoms with E-state index in [1.807, 2.05) is 24.6 Å². The van der Waals surface area contributed by atoms with E-state index in [2.05, 4.69) is 25.8 Å². The SMILES string of the molecule is Cc1nnc(CN=C(NCCc2ccccc2F)NCC2CCCO2)n1C.I. The van der Waals surface area contributed by atoms with Crippen molar-refractivity contribution in [1.29, 1.82) is 0 Å². The molecule has 9 heteroatoms. The second kappa shape index (κ2) is 11.3. The minimum absolute atomic E-state index is 0. The fraction of sp³-hybridized carbons (Fsp3) is 0.526. The van der Waals surface area contributed by atoms with Crippen molar-refractivity contribution in [3.8, 4) is 0 Å². The van der Waals surface area contributed by atoms with Crippen LogP contribution in [-0.2, 0) is 24.8 Å². The van der Waals surface area contributed by atoms with Crippen LogP contribution >= 0.6 is 24.0 Å². The van der Waals surface area contributed by atoms with Gasteiger partial charge in [-0.1, -0.05) is 18.2 Å². The lowest BCUT2D eigenvalue weighted by Crippen LogP contribution is -2.42. The summed E-state index contributed by atoms with van der Waals surface area (Å²) >= 11 is 0. The minimum atomic E-state index is -0.181. The van der Waals surface area contributed by atoms with E-state index in [1.54, 1.807) is 12.1 Å². The van der Waals surface area contributed by atoms with Crippen molar-refractivity contribution in [3.63, 3.8) is 0 Å². The van der Waals surface area contributed by atoms with Gasteiger partial charge in [-0.25, -0.2) is 9.38 Å². The van der Waals surface area contributed by atoms with E-state index >= 15 is 0 Å². The third kappa shape index (κ3) is 6.40. The lowest BCUT2D eigenvalue weighted by molar-refractivity contribution is 0.114. The first-order valence-electron chi connectivity index (χ1n) is 9.35. The van der Waals surface area contributed by atoms with Gasteiger partial charge >= 0.3 is 0 Å². The molecule has 154 valence electrons. The topological polar surface area (TPSA) is 76.4 Å². The van der Waals surface area contributed by atoms with Gasteiger partial charge in [0, 0.05) is 26.7 Å². The molecule has 1 atom stereocenters. The van der Waals surface area contributed by atoms with Crippen molar-refractivity contribution in [2.75, 3.05) is 19.7 Å². The summed E-state index contributed by atoms with van der Waals surface area (Å²) in [6, 6.07) is 6.83. The molecule has 1 fully saturated rings. The lowest BCUT2D eigenvalue weighted by Gasteiger charge is -2.15. The highest BCUT2D eigenvalue weighted by Gasteiger charge is 2.15. The summed E-state index contributed by atoms with van der Waals surface area (Å²) in [6.07, 6.45) is 2.94. The van der Waals surface area contributed by atoms with Crippen LogP contribution in [0.2, 0.25) is 0 Å². The maximum absolute atomic E-state index is 13.8. The summed E-state index contributed by atoms with van der Waals surface area (Å²) in [5.74, 6) is 2.13. The summed E-state index contributed by atoms with van der Waals surface area (Å²) in [7, 11) is 1.92. The van der Waals surface area contributed by atoms with Crippen LogP contribution < -0.4 is 10.6 Å². The predicted octanol–water partition coefficient (Wildman–Crippen LogP) is 2.34. The van der Waals surface area contributed by atoms with Gasteiger partial charge in [-0.15, -0.1) is 34.2 Å². The van der Waals surface area contributed by atoms with E-state index in [9.17, 15) is 4.39 Å². The van der Waals surface area contributed by atoms with Gasteiger partial charge in [-0.3, -0.25) is 0 Å². The molecule has 0 aliphatic carbocycles. The van der Waals surface area contributed by atoms with Crippen LogP contribution in [0.4, 0.5) is 4.39 Å². The molecule has 1 aliphatic heterocycles. The van der Waals surface area contributed by atoms with Crippen LogP contribution in [0.25, 0.3) is 0 Å². The molecule has 0 amide bonds. The number of aryl methyl sites for hydroxylation is 1. The van der Waals surface area contributed by atoms with Crippen LogP contribution in [0.5, 0.6) is 0 Å². The molecule has 1 aliphatic rings. The predicted molar refractivity (Wildman–Crippen MR) is 117 cm³/mol. The number of ether oxygens (including phenoxy) is 1. The molecule has 0 radical (unpaired) electrons. The molecule has 0 saturated carbocycles. The van der Waals surface area contributed by atoms with Crippen LogP contribution in [0, 0.1) is 12.7 Å². The van der Waals surface area contributed by atoms with Crippen molar-refractivity contribution in [2.45, 2.75) is 38.8 Å². The van der Waals surface area contributed by atoms with E-state index < -0.39 is 0 Å². The molecule has 2 aromatic rings. The van der Waals surface area contributed by atoms with E-state index in [4.69, 9.17) is 4.74 Å². The molecular weight excluding hydrogens is 474 g/mol. The highest BCUT2D eigenvalue weighted by atomic mass is 127. The highest BCUT2D eigenvalue weighted by molar-refractivity contribution is 14.0. The molecule has 28 heavy (non-hydrogen) atoms. The number of nitrogens with zero attached hydrogens (tertiary/aromatic N) is 4. The van der Waals surface area contributed by atoms with Gasteiger partial charge in [0.25, 0.3) is 0 Å². The first-order valence-corrected chi connectivity index (χ1v) is 9.35. The molecule has 3 rings (SSSR count). The van der Waals surface area contributed by atoms with Crippen molar-refractivity contribution in [3.05, 3.63) is 47.3 Å². The molecule has 2 N–H and O–H groups in total. The Morgan fingerprint density at radius 1 is 1.32 bits per heavy atom. The molecule has 0 bridgehead atoms. The Labute approximate surface area is 182 Å². The van der Waals surface area contributed by atoms with Crippen molar-refractivity contribution in [1.82, 2.24) is 25.4 Å². The van der Waals surface area contributed by atoms with Crippen molar-refractivity contribution < 1.29 is 9.13 Å². The maximum atomic E-state index is 13.8. The van der Waals surface area contributed by atoms with Gasteiger partial charge < -0.3 is 19.9 Å². The summed E-state index contributed by atoms with van der Waals surface area (Å²) in [5.41, 5.74) is 0.687. The van der Waals surface area contributed by atoms with Gasteiger partial charge in [-0.2, -0.15) is 0 Å². The maximum Gasteiger partial charge on any atom is 0.191 e. The first kappa shape index (κ1) is 22.5. The monoisotopic (exact) mass is 502 g/mol. The number of rotatable bonds is 7. The van der Waals surface area contributed by atoms with Crippen LogP contribution in [0.1, 0.15) is 30.1 Å². The standard InChI is InChI=1S/C19H27FN6O.HI/c1-14-24-25-18(26(14)2)13-23-19(22-12-16-7-5-11-27-16)21-10-9-15-6-3-4-8-17(15)20;/h3-4,6,8,16H,5,7,9-13H2,1-2H3,(H2,21,22,23);1H. The van der Waals surface area contributed by atoms with Gasteiger partial charge in [0.05, 0.1) is 6.10 Å². The normalized spacial score (nSPS) is 16.7. The summed E-state index contributed by atoms with van der Waals surface area (Å²) in [5, 5.41) is 14.8. The number of aromatic nitrogens is 3. The Morgan fingerprint density at radius 3 is 2.82 bits per heavy atom. The van der Waals surface area contributed by atoms with Crippen LogP contribution in [0.3, 0.4) is 0 Å². The zero-order chi connectivity index (χ0) is 19.1. The second-order valence-electron chi connectivity index (χ2n) is 6.67. The van der Waals surface area contributed by atoms with Gasteiger partial charge in [0.15, 0.2) is 11.8 Å². The largest absolute Gasteiger partial charge is 0.376 e. The van der Waals surface area contributed by atoms with Crippen molar-refractivity contribution in [2.24, 2.45) is 12.0 Å². The average molecular weight is 502 g/mol. The summed E-state index contributed by atoms with van der Waals surface area (Å²) in [4.78, 5) is 4.60. The third-order valence-corrected chi connectivity index (χ3v) is 4.73. The Kier molecular flexibility index (Phi) is 9.10. The van der Waals surface area contributed by atoms with E-state index in [0.29, 0.717) is 37.6 Å². The second-order valence-corrected chi connectivity index (χ2v) is 6.67. The number of hydrogen-bond acceptors (Lipinski definition) is 4. The Balaban J connectivity index is 0.00000280. The smallest absolute Gasteiger partial charge is 0.191 e. The molecular formula is C19H28FIN6O. The number of halogens is 2. The molecule has 1 unspecified atom stereocenters. The number of guanidine groups is 1. The fourth-order valence-electron chi connectivity index (χ4n) is 2.95. The number of aliphatic imine (C=N–C) groups is 1. The fourth-order valence-corrected chi connectivity index (χ4v) is 2.95. The first-order chi connectivity index (χ1) is 13.1. The number of benzene rings is 1. The molecule has 1 saturated heterocycles. The van der Waals surface area contributed by atoms with Gasteiger partial charge in [-0.05, 0) is 37.8 Å². The molecule has 1 aromatic heterocycles. The molecule has 2 heterocycles. The number of nitrogens with one attached hydrogen (secondary N) is 2. The van der Waals surface area contributed by atoms with E-state index in [-0.39, 0.29) is 35.9 Å². The molecule has 0 spiro atoms. The van der Waals surface area contributed by atoms with Crippen molar-refractivity contribution >= 4 is 29.9 Å². The van der Waals surface area contributed by atoms with Crippen LogP contribution in [-0.4, -0.2) is 46.5 Å². The van der Waals surface area contributed by atoms with E-state index in [0.717, 1.165) is 31.1 Å². The molecule has 7 nitrogen and oxygen atoms in total. The Hall–Kier alpha value is -1.75. The quantitative estimate of drug-likeness (QED) is 0.346. The number of hydrogen-bond donors (Lipinski definition) is 2. The van der Waals surface area contributed by atoms with E-state index in [1.165, 1.54) is 6.07 Å². The Morgan fingerprint density at radius 2 is 2.14 bits per heavy atom. The average Bonchev–Trinajstić information content (AvgIpc) is 3.30. The zero-order valence-electron chi connectivity index (χ0n) is 16.3. The third-order valence-electron chi connectivity index (χ3n) is 4.73. The summed E-state index contributed by atoms with van der Waals surface area (Å²) in [6.45, 7) is 4.42. The Bertz CT molecular complexity index is 776. The highest BCUT2D eigenvalue weighted by Crippen LogP contribution is 2.10. The zero-order valence-corrected chi connectivity index (χ0v) is 18.7. The minimum Gasteiger partial charge on any atom is -0.376 e. The molecule has 1 aromatic carbocycles.